The van der Waals surface area contributed by atoms with Crippen LogP contribution in [0.4, 0.5) is 0 Å². The Balaban J connectivity index is 2.10. The zero-order valence-corrected chi connectivity index (χ0v) is 16.6. The largest absolute Gasteiger partial charge is 0.496 e. The zero-order chi connectivity index (χ0) is 19.1. The van der Waals surface area contributed by atoms with Gasteiger partial charge in [0.1, 0.15) is 5.75 Å². The third kappa shape index (κ3) is 4.99. The molecule has 0 radical (unpaired) electrons. The fourth-order valence-electron chi connectivity index (χ4n) is 3.28. The SMILES string of the molecule is CCCCC(=O)N1CCCN(C(=O)c2cc(C(C)C)ccc2OC)CC1. The van der Waals surface area contributed by atoms with Crippen LogP contribution in [-0.4, -0.2) is 54.9 Å². The van der Waals surface area contributed by atoms with Crippen molar-refractivity contribution in [1.29, 1.82) is 0 Å². The van der Waals surface area contributed by atoms with E-state index in [0.29, 0.717) is 43.3 Å². The average Bonchev–Trinajstić information content (AvgIpc) is 2.91. The van der Waals surface area contributed by atoms with Crippen LogP contribution in [0.1, 0.15) is 68.3 Å². The van der Waals surface area contributed by atoms with Gasteiger partial charge in [0, 0.05) is 32.6 Å². The average molecular weight is 360 g/mol. The Kier molecular flexibility index (Phi) is 7.49. The molecule has 0 aromatic heterocycles. The van der Waals surface area contributed by atoms with Crippen LogP contribution in [0.15, 0.2) is 18.2 Å². The van der Waals surface area contributed by atoms with Crippen LogP contribution in [0, 0.1) is 0 Å². The van der Waals surface area contributed by atoms with Crippen molar-refractivity contribution in [2.75, 3.05) is 33.3 Å². The van der Waals surface area contributed by atoms with E-state index in [4.69, 9.17) is 4.74 Å². The summed E-state index contributed by atoms with van der Waals surface area (Å²) in [5, 5.41) is 0. The van der Waals surface area contributed by atoms with Crippen molar-refractivity contribution in [2.45, 2.75) is 52.4 Å². The fraction of sp³-hybridized carbons (Fsp3) is 0.619. The van der Waals surface area contributed by atoms with Gasteiger partial charge in [0.2, 0.25) is 5.91 Å². The lowest BCUT2D eigenvalue weighted by atomic mass is 9.99. The van der Waals surface area contributed by atoms with E-state index in [1.165, 1.54) is 0 Å². The molecule has 1 saturated heterocycles. The molecule has 0 aliphatic carbocycles. The second-order valence-electron chi connectivity index (χ2n) is 7.24. The minimum Gasteiger partial charge on any atom is -0.496 e. The molecule has 144 valence electrons. The number of methoxy groups -OCH3 is 1. The molecular weight excluding hydrogens is 328 g/mol. The van der Waals surface area contributed by atoms with Gasteiger partial charge < -0.3 is 14.5 Å². The smallest absolute Gasteiger partial charge is 0.257 e. The van der Waals surface area contributed by atoms with Crippen molar-refractivity contribution in [2.24, 2.45) is 0 Å². The molecule has 1 aliphatic rings. The van der Waals surface area contributed by atoms with Gasteiger partial charge in [-0.15, -0.1) is 0 Å². The fourth-order valence-corrected chi connectivity index (χ4v) is 3.28. The lowest BCUT2D eigenvalue weighted by Gasteiger charge is -2.23. The topological polar surface area (TPSA) is 49.9 Å². The molecule has 0 unspecified atom stereocenters. The maximum Gasteiger partial charge on any atom is 0.257 e. The molecule has 0 saturated carbocycles. The number of ether oxygens (including phenoxy) is 1. The third-order valence-electron chi connectivity index (χ3n) is 5.00. The first-order valence-electron chi connectivity index (χ1n) is 9.72. The van der Waals surface area contributed by atoms with E-state index in [-0.39, 0.29) is 11.8 Å². The first kappa shape index (κ1) is 20.3. The van der Waals surface area contributed by atoms with Gasteiger partial charge in [-0.2, -0.15) is 0 Å². The van der Waals surface area contributed by atoms with E-state index < -0.39 is 0 Å². The van der Waals surface area contributed by atoms with Gasteiger partial charge >= 0.3 is 0 Å². The summed E-state index contributed by atoms with van der Waals surface area (Å²) in [6.07, 6.45) is 3.37. The van der Waals surface area contributed by atoms with Crippen molar-refractivity contribution in [1.82, 2.24) is 9.80 Å². The van der Waals surface area contributed by atoms with Gasteiger partial charge in [-0.1, -0.05) is 33.3 Å². The first-order valence-corrected chi connectivity index (χ1v) is 9.72. The lowest BCUT2D eigenvalue weighted by Crippen LogP contribution is -2.37. The number of hydrogen-bond donors (Lipinski definition) is 0. The number of hydrogen-bond acceptors (Lipinski definition) is 3. The van der Waals surface area contributed by atoms with Gasteiger partial charge in [-0.3, -0.25) is 9.59 Å². The van der Waals surface area contributed by atoms with Gasteiger partial charge in [0.05, 0.1) is 12.7 Å². The van der Waals surface area contributed by atoms with Crippen LogP contribution in [0.25, 0.3) is 0 Å². The van der Waals surface area contributed by atoms with Crippen molar-refractivity contribution in [3.8, 4) is 5.75 Å². The molecule has 26 heavy (non-hydrogen) atoms. The van der Waals surface area contributed by atoms with Gasteiger partial charge in [0.25, 0.3) is 5.91 Å². The summed E-state index contributed by atoms with van der Waals surface area (Å²) in [6, 6.07) is 5.83. The van der Waals surface area contributed by atoms with E-state index in [1.807, 2.05) is 28.0 Å². The summed E-state index contributed by atoms with van der Waals surface area (Å²) < 4.78 is 5.41. The molecule has 1 aromatic rings. The highest BCUT2D eigenvalue weighted by atomic mass is 16.5. The van der Waals surface area contributed by atoms with Crippen molar-refractivity contribution < 1.29 is 14.3 Å². The molecule has 0 spiro atoms. The molecule has 1 heterocycles. The summed E-state index contributed by atoms with van der Waals surface area (Å²) in [6.45, 7) is 8.91. The summed E-state index contributed by atoms with van der Waals surface area (Å²) in [5.41, 5.74) is 1.74. The van der Waals surface area contributed by atoms with E-state index in [1.54, 1.807) is 7.11 Å². The number of carbonyl (C=O) groups excluding carboxylic acids is 2. The normalized spacial score (nSPS) is 15.1. The molecule has 2 amide bonds. The van der Waals surface area contributed by atoms with Crippen molar-refractivity contribution >= 4 is 11.8 Å². The van der Waals surface area contributed by atoms with Crippen LogP contribution in [0.5, 0.6) is 5.75 Å². The molecule has 5 heteroatoms. The Morgan fingerprint density at radius 2 is 1.81 bits per heavy atom. The number of benzene rings is 1. The molecule has 5 nitrogen and oxygen atoms in total. The lowest BCUT2D eigenvalue weighted by molar-refractivity contribution is -0.131. The van der Waals surface area contributed by atoms with Gasteiger partial charge in [0.15, 0.2) is 0 Å². The molecule has 0 atom stereocenters. The second-order valence-corrected chi connectivity index (χ2v) is 7.24. The predicted molar refractivity (Wildman–Crippen MR) is 104 cm³/mol. The maximum atomic E-state index is 13.1. The van der Waals surface area contributed by atoms with Crippen molar-refractivity contribution in [3.63, 3.8) is 0 Å². The van der Waals surface area contributed by atoms with Crippen LogP contribution in [0.2, 0.25) is 0 Å². The Morgan fingerprint density at radius 3 is 2.46 bits per heavy atom. The van der Waals surface area contributed by atoms with E-state index in [0.717, 1.165) is 31.4 Å². The number of carbonyl (C=O) groups is 2. The monoisotopic (exact) mass is 360 g/mol. The zero-order valence-electron chi connectivity index (χ0n) is 16.6. The highest BCUT2D eigenvalue weighted by Gasteiger charge is 2.24. The first-order chi connectivity index (χ1) is 12.5. The second kappa shape index (κ2) is 9.60. The molecule has 0 bridgehead atoms. The minimum absolute atomic E-state index is 0.00722. The van der Waals surface area contributed by atoms with Crippen molar-refractivity contribution in [3.05, 3.63) is 29.3 Å². The minimum atomic E-state index is -0.00722. The summed E-state index contributed by atoms with van der Waals surface area (Å²) in [7, 11) is 1.59. The molecule has 0 N–H and O–H groups in total. The van der Waals surface area contributed by atoms with Crippen LogP contribution in [-0.2, 0) is 4.79 Å². The van der Waals surface area contributed by atoms with Gasteiger partial charge in [-0.05, 0) is 36.5 Å². The molecule has 2 rings (SSSR count). The predicted octanol–water partition coefficient (Wildman–Crippen LogP) is 3.68. The van der Waals surface area contributed by atoms with Crippen LogP contribution in [0.3, 0.4) is 0 Å². The highest BCUT2D eigenvalue weighted by molar-refractivity contribution is 5.97. The standard InChI is InChI=1S/C21H32N2O3/c1-5-6-8-20(24)22-11-7-12-23(14-13-22)21(25)18-15-17(16(2)3)9-10-19(18)26-4/h9-10,15-16H,5-8,11-14H2,1-4H3. The number of amides is 2. The van der Waals surface area contributed by atoms with Crippen LogP contribution < -0.4 is 4.74 Å². The quantitative estimate of drug-likeness (QED) is 0.777. The Labute approximate surface area is 157 Å². The van der Waals surface area contributed by atoms with E-state index >= 15 is 0 Å². The number of unbranched alkanes of at least 4 members (excludes halogenated alkanes) is 1. The maximum absolute atomic E-state index is 13.1. The molecular formula is C21H32N2O3. The Bertz CT molecular complexity index is 628. The third-order valence-corrected chi connectivity index (χ3v) is 5.00. The van der Waals surface area contributed by atoms with Crippen LogP contribution >= 0.6 is 0 Å². The molecule has 1 aliphatic heterocycles. The highest BCUT2D eigenvalue weighted by Crippen LogP contribution is 2.26. The summed E-state index contributed by atoms with van der Waals surface area (Å²) in [4.78, 5) is 29.1. The molecule has 1 fully saturated rings. The summed E-state index contributed by atoms with van der Waals surface area (Å²) >= 11 is 0. The number of nitrogens with zero attached hydrogens (tertiary/aromatic N) is 2. The number of rotatable bonds is 6. The Morgan fingerprint density at radius 1 is 1.12 bits per heavy atom. The summed E-state index contributed by atoms with van der Waals surface area (Å²) in [5.74, 6) is 1.16. The Hall–Kier alpha value is -2.04. The van der Waals surface area contributed by atoms with Gasteiger partial charge in [-0.25, -0.2) is 0 Å². The van der Waals surface area contributed by atoms with E-state index in [2.05, 4.69) is 20.8 Å². The molecule has 1 aromatic carbocycles. The van der Waals surface area contributed by atoms with E-state index in [9.17, 15) is 9.59 Å².